The summed E-state index contributed by atoms with van der Waals surface area (Å²) in [6.45, 7) is 5.38. The summed E-state index contributed by atoms with van der Waals surface area (Å²) in [4.78, 5) is 15.8. The van der Waals surface area contributed by atoms with Crippen molar-refractivity contribution in [3.8, 4) is 11.5 Å². The Morgan fingerprint density at radius 3 is 2.45 bits per heavy atom. The Bertz CT molecular complexity index is 648. The SMILES string of the molecule is CC(C)(C)OC(=O)Nc1cc(Oc2ccc(N)cc2)ccn1. The highest BCUT2D eigenvalue weighted by Gasteiger charge is 2.16. The van der Waals surface area contributed by atoms with Gasteiger partial charge in [-0.1, -0.05) is 0 Å². The molecule has 0 fully saturated rings. The predicted octanol–water partition coefficient (Wildman–Crippen LogP) is 3.80. The lowest BCUT2D eigenvalue weighted by Gasteiger charge is -2.19. The minimum absolute atomic E-state index is 0.349. The van der Waals surface area contributed by atoms with Gasteiger partial charge in [0.05, 0.1) is 0 Å². The first-order valence-corrected chi connectivity index (χ1v) is 6.81. The van der Waals surface area contributed by atoms with Crippen LogP contribution in [0.15, 0.2) is 42.6 Å². The number of pyridine rings is 1. The normalized spacial score (nSPS) is 10.9. The van der Waals surface area contributed by atoms with Crippen LogP contribution < -0.4 is 15.8 Å². The van der Waals surface area contributed by atoms with Gasteiger partial charge in [0, 0.05) is 18.0 Å². The highest BCUT2D eigenvalue weighted by molar-refractivity contribution is 5.83. The van der Waals surface area contributed by atoms with Crippen LogP contribution in [-0.2, 0) is 4.74 Å². The van der Waals surface area contributed by atoms with E-state index in [0.29, 0.717) is 23.0 Å². The largest absolute Gasteiger partial charge is 0.457 e. The van der Waals surface area contributed by atoms with Crippen molar-refractivity contribution in [1.29, 1.82) is 0 Å². The minimum Gasteiger partial charge on any atom is -0.457 e. The predicted molar refractivity (Wildman–Crippen MR) is 85.0 cm³/mol. The fourth-order valence-electron chi connectivity index (χ4n) is 1.62. The fourth-order valence-corrected chi connectivity index (χ4v) is 1.62. The molecule has 0 aliphatic heterocycles. The van der Waals surface area contributed by atoms with E-state index in [9.17, 15) is 4.79 Å². The van der Waals surface area contributed by atoms with E-state index in [2.05, 4.69) is 10.3 Å². The van der Waals surface area contributed by atoms with Gasteiger partial charge in [0.2, 0.25) is 0 Å². The topological polar surface area (TPSA) is 86.5 Å². The van der Waals surface area contributed by atoms with Gasteiger partial charge in [0.15, 0.2) is 0 Å². The molecule has 0 radical (unpaired) electrons. The number of carbonyl (C=O) groups excluding carboxylic acids is 1. The lowest BCUT2D eigenvalue weighted by Crippen LogP contribution is -2.27. The number of benzene rings is 1. The maximum absolute atomic E-state index is 11.7. The lowest BCUT2D eigenvalue weighted by molar-refractivity contribution is 0.0635. The molecule has 0 bridgehead atoms. The number of hydrogen-bond donors (Lipinski definition) is 2. The Morgan fingerprint density at radius 2 is 1.82 bits per heavy atom. The molecule has 1 amide bonds. The van der Waals surface area contributed by atoms with Crippen LogP contribution in [0.3, 0.4) is 0 Å². The number of nitrogens with zero attached hydrogens (tertiary/aromatic N) is 1. The number of amides is 1. The molecule has 0 atom stereocenters. The Morgan fingerprint density at radius 1 is 1.14 bits per heavy atom. The first-order valence-electron chi connectivity index (χ1n) is 6.81. The summed E-state index contributed by atoms with van der Waals surface area (Å²) in [5.74, 6) is 1.54. The molecule has 0 unspecified atom stereocenters. The maximum Gasteiger partial charge on any atom is 0.413 e. The van der Waals surface area contributed by atoms with Crippen molar-refractivity contribution >= 4 is 17.6 Å². The highest BCUT2D eigenvalue weighted by Crippen LogP contribution is 2.23. The third kappa shape index (κ3) is 4.97. The first-order chi connectivity index (χ1) is 10.3. The molecular weight excluding hydrogens is 282 g/mol. The fraction of sp³-hybridized carbons (Fsp3) is 0.250. The zero-order valence-electron chi connectivity index (χ0n) is 12.8. The number of aromatic nitrogens is 1. The molecule has 0 aliphatic rings. The van der Waals surface area contributed by atoms with Gasteiger partial charge in [-0.2, -0.15) is 0 Å². The standard InChI is InChI=1S/C16H19N3O3/c1-16(2,3)22-15(20)19-14-10-13(8-9-18-14)21-12-6-4-11(17)5-7-12/h4-10H,17H2,1-3H3,(H,18,19,20). The first kappa shape index (κ1) is 15.6. The Kier molecular flexibility index (Phi) is 4.50. The maximum atomic E-state index is 11.7. The van der Waals surface area contributed by atoms with Gasteiger partial charge in [-0.15, -0.1) is 0 Å². The quantitative estimate of drug-likeness (QED) is 0.842. The summed E-state index contributed by atoms with van der Waals surface area (Å²) in [6.07, 6.45) is 0.976. The monoisotopic (exact) mass is 301 g/mol. The molecule has 0 aliphatic carbocycles. The number of hydrogen-bond acceptors (Lipinski definition) is 5. The van der Waals surface area contributed by atoms with Crippen LogP contribution in [0.2, 0.25) is 0 Å². The van der Waals surface area contributed by atoms with Crippen LogP contribution in [0.1, 0.15) is 20.8 Å². The number of rotatable bonds is 3. The van der Waals surface area contributed by atoms with E-state index in [0.717, 1.165) is 0 Å². The van der Waals surface area contributed by atoms with Crippen molar-refractivity contribution in [3.63, 3.8) is 0 Å². The van der Waals surface area contributed by atoms with Crippen molar-refractivity contribution in [3.05, 3.63) is 42.6 Å². The van der Waals surface area contributed by atoms with Crippen molar-refractivity contribution in [2.24, 2.45) is 0 Å². The third-order valence-corrected chi connectivity index (χ3v) is 2.48. The van der Waals surface area contributed by atoms with Gasteiger partial charge in [-0.25, -0.2) is 9.78 Å². The van der Waals surface area contributed by atoms with Gasteiger partial charge in [0.1, 0.15) is 22.9 Å². The smallest absolute Gasteiger partial charge is 0.413 e. The van der Waals surface area contributed by atoms with Crippen LogP contribution in [0, 0.1) is 0 Å². The summed E-state index contributed by atoms with van der Waals surface area (Å²) >= 11 is 0. The van der Waals surface area contributed by atoms with Gasteiger partial charge < -0.3 is 15.2 Å². The number of carbonyl (C=O) groups is 1. The van der Waals surface area contributed by atoms with Crippen LogP contribution in [-0.4, -0.2) is 16.7 Å². The third-order valence-electron chi connectivity index (χ3n) is 2.48. The number of nitrogen functional groups attached to an aromatic ring is 1. The summed E-state index contributed by atoms with van der Waals surface area (Å²) in [7, 11) is 0. The zero-order chi connectivity index (χ0) is 16.2. The highest BCUT2D eigenvalue weighted by atomic mass is 16.6. The van der Waals surface area contributed by atoms with Crippen molar-refractivity contribution < 1.29 is 14.3 Å². The molecule has 6 heteroatoms. The molecule has 0 saturated heterocycles. The average molecular weight is 301 g/mol. The molecule has 2 aromatic rings. The van der Waals surface area contributed by atoms with Crippen LogP contribution in [0.25, 0.3) is 0 Å². The lowest BCUT2D eigenvalue weighted by atomic mass is 10.2. The number of ether oxygens (including phenoxy) is 2. The van der Waals surface area contributed by atoms with E-state index < -0.39 is 11.7 Å². The molecule has 22 heavy (non-hydrogen) atoms. The second-order valence-electron chi connectivity index (χ2n) is 5.67. The van der Waals surface area contributed by atoms with Crippen molar-refractivity contribution in [2.75, 3.05) is 11.1 Å². The van der Waals surface area contributed by atoms with E-state index in [4.69, 9.17) is 15.2 Å². The van der Waals surface area contributed by atoms with Crippen LogP contribution in [0.4, 0.5) is 16.3 Å². The molecule has 6 nitrogen and oxygen atoms in total. The second kappa shape index (κ2) is 6.34. The summed E-state index contributed by atoms with van der Waals surface area (Å²) in [5.41, 5.74) is 5.72. The summed E-state index contributed by atoms with van der Waals surface area (Å²) in [6, 6.07) is 10.3. The van der Waals surface area contributed by atoms with Crippen LogP contribution in [0.5, 0.6) is 11.5 Å². The van der Waals surface area contributed by atoms with Crippen molar-refractivity contribution in [2.45, 2.75) is 26.4 Å². The molecular formula is C16H19N3O3. The van der Waals surface area contributed by atoms with Gasteiger partial charge in [-0.3, -0.25) is 5.32 Å². The van der Waals surface area contributed by atoms with Crippen molar-refractivity contribution in [1.82, 2.24) is 4.98 Å². The Hall–Kier alpha value is -2.76. The van der Waals surface area contributed by atoms with E-state index in [-0.39, 0.29) is 0 Å². The zero-order valence-corrected chi connectivity index (χ0v) is 12.8. The molecule has 1 aromatic carbocycles. The molecule has 2 rings (SSSR count). The van der Waals surface area contributed by atoms with E-state index >= 15 is 0 Å². The van der Waals surface area contributed by atoms with Gasteiger partial charge in [0.25, 0.3) is 0 Å². The van der Waals surface area contributed by atoms with Crippen LogP contribution >= 0.6 is 0 Å². The minimum atomic E-state index is -0.567. The molecule has 1 aromatic heterocycles. The summed E-state index contributed by atoms with van der Waals surface area (Å²) in [5, 5.41) is 2.56. The van der Waals surface area contributed by atoms with E-state index in [1.54, 1.807) is 63.4 Å². The molecule has 3 N–H and O–H groups in total. The Labute approximate surface area is 129 Å². The number of anilines is 2. The van der Waals surface area contributed by atoms with E-state index in [1.165, 1.54) is 0 Å². The Balaban J connectivity index is 2.03. The molecule has 116 valence electrons. The second-order valence-corrected chi connectivity index (χ2v) is 5.67. The van der Waals surface area contributed by atoms with E-state index in [1.807, 2.05) is 0 Å². The number of nitrogens with two attached hydrogens (primary N) is 1. The van der Waals surface area contributed by atoms with Gasteiger partial charge >= 0.3 is 6.09 Å². The molecule has 0 saturated carbocycles. The number of nitrogens with one attached hydrogen (secondary N) is 1. The summed E-state index contributed by atoms with van der Waals surface area (Å²) < 4.78 is 10.8. The molecule has 0 spiro atoms. The van der Waals surface area contributed by atoms with Gasteiger partial charge in [-0.05, 0) is 51.1 Å². The average Bonchev–Trinajstić information content (AvgIpc) is 2.39. The molecule has 1 heterocycles.